The van der Waals surface area contributed by atoms with E-state index in [1.807, 2.05) is 30.3 Å². The van der Waals surface area contributed by atoms with Crippen LogP contribution < -0.4 is 0 Å². The summed E-state index contributed by atoms with van der Waals surface area (Å²) in [7, 11) is 0. The summed E-state index contributed by atoms with van der Waals surface area (Å²) in [4.78, 5) is 0. The predicted octanol–water partition coefficient (Wildman–Crippen LogP) is 1.90. The van der Waals surface area contributed by atoms with Crippen molar-refractivity contribution in [3.63, 3.8) is 0 Å². The number of rotatable bonds is 5. The second kappa shape index (κ2) is 5.75. The van der Waals surface area contributed by atoms with Gasteiger partial charge in [-0.3, -0.25) is 0 Å². The normalized spacial score (nSPS) is 15.1. The lowest BCUT2D eigenvalue weighted by atomic mass is 10.2. The number of benzene rings is 1. The van der Waals surface area contributed by atoms with Gasteiger partial charge in [-0.15, -0.1) is 0 Å². The molecule has 14 heavy (non-hydrogen) atoms. The highest BCUT2D eigenvalue weighted by atomic mass is 16.7. The summed E-state index contributed by atoms with van der Waals surface area (Å²) in [5.41, 5.74) is 1.09. The quantitative estimate of drug-likeness (QED) is 0.731. The van der Waals surface area contributed by atoms with Crippen molar-refractivity contribution < 1.29 is 14.6 Å². The van der Waals surface area contributed by atoms with Gasteiger partial charge in [0.25, 0.3) is 0 Å². The van der Waals surface area contributed by atoms with E-state index in [9.17, 15) is 0 Å². The molecule has 0 spiro atoms. The Morgan fingerprint density at radius 1 is 1.21 bits per heavy atom. The van der Waals surface area contributed by atoms with E-state index < -0.39 is 12.6 Å². The molecule has 0 aromatic heterocycles. The van der Waals surface area contributed by atoms with Crippen LogP contribution in [0, 0.1) is 0 Å². The molecule has 1 aromatic rings. The summed E-state index contributed by atoms with van der Waals surface area (Å²) >= 11 is 0. The monoisotopic (exact) mass is 196 g/mol. The lowest BCUT2D eigenvalue weighted by molar-refractivity contribution is -0.217. The van der Waals surface area contributed by atoms with Crippen molar-refractivity contribution in [1.29, 1.82) is 0 Å². The molecule has 78 valence electrons. The Balaban J connectivity index is 2.27. The first-order chi connectivity index (χ1) is 6.68. The Labute approximate surface area is 84.3 Å². The van der Waals surface area contributed by atoms with Crippen LogP contribution in [0.4, 0.5) is 0 Å². The molecule has 3 nitrogen and oxygen atoms in total. The summed E-state index contributed by atoms with van der Waals surface area (Å²) in [6, 6.07) is 9.83. The second-order valence-electron chi connectivity index (χ2n) is 3.10. The minimum Gasteiger partial charge on any atom is -0.368 e. The van der Waals surface area contributed by atoms with Gasteiger partial charge in [0.1, 0.15) is 0 Å². The third-order valence-corrected chi connectivity index (χ3v) is 1.72. The minimum atomic E-state index is -0.791. The van der Waals surface area contributed by atoms with Crippen LogP contribution in [0.2, 0.25) is 0 Å². The Morgan fingerprint density at radius 2 is 1.86 bits per heavy atom. The second-order valence-corrected chi connectivity index (χ2v) is 3.10. The van der Waals surface area contributed by atoms with Gasteiger partial charge in [-0.05, 0) is 19.4 Å². The van der Waals surface area contributed by atoms with Crippen molar-refractivity contribution >= 4 is 0 Å². The van der Waals surface area contributed by atoms with Gasteiger partial charge in [-0.1, -0.05) is 30.3 Å². The zero-order valence-corrected chi connectivity index (χ0v) is 8.51. The van der Waals surface area contributed by atoms with E-state index in [1.165, 1.54) is 0 Å². The number of hydrogen-bond donors (Lipinski definition) is 1. The van der Waals surface area contributed by atoms with Crippen molar-refractivity contribution in [2.75, 3.05) is 0 Å². The molecule has 1 rings (SSSR count). The van der Waals surface area contributed by atoms with Gasteiger partial charge in [0.05, 0.1) is 6.61 Å². The van der Waals surface area contributed by atoms with Crippen LogP contribution in [0.1, 0.15) is 19.4 Å². The molecule has 0 aliphatic carbocycles. The minimum absolute atomic E-state index is 0.393. The molecule has 0 fully saturated rings. The highest BCUT2D eigenvalue weighted by Crippen LogP contribution is 2.04. The fourth-order valence-corrected chi connectivity index (χ4v) is 1.10. The Morgan fingerprint density at radius 3 is 2.43 bits per heavy atom. The van der Waals surface area contributed by atoms with Crippen molar-refractivity contribution in [2.45, 2.75) is 33.0 Å². The number of aliphatic hydroxyl groups excluding tert-OH is 1. The smallest absolute Gasteiger partial charge is 0.158 e. The molecule has 1 N–H and O–H groups in total. The molecule has 0 aliphatic rings. The third kappa shape index (κ3) is 4.37. The summed E-state index contributed by atoms with van der Waals surface area (Å²) in [5.74, 6) is 0. The summed E-state index contributed by atoms with van der Waals surface area (Å²) in [5, 5.41) is 8.92. The molecule has 3 heteroatoms. The molecule has 0 heterocycles. The van der Waals surface area contributed by atoms with Crippen molar-refractivity contribution in [3.8, 4) is 0 Å². The maximum absolute atomic E-state index is 8.92. The average Bonchev–Trinajstić information content (AvgIpc) is 2.15. The summed E-state index contributed by atoms with van der Waals surface area (Å²) < 4.78 is 10.4. The molecule has 0 saturated carbocycles. The standard InChI is InChI=1S/C11H16O3/c1-9(12)14-10(2)13-8-11-6-4-3-5-7-11/h3-7,9-10,12H,8H2,1-2H3. The van der Waals surface area contributed by atoms with Gasteiger partial charge in [-0.2, -0.15) is 0 Å². The van der Waals surface area contributed by atoms with Crippen LogP contribution in [0.5, 0.6) is 0 Å². The molecule has 0 radical (unpaired) electrons. The zero-order valence-electron chi connectivity index (χ0n) is 8.51. The fourth-order valence-electron chi connectivity index (χ4n) is 1.10. The maximum atomic E-state index is 8.92. The van der Waals surface area contributed by atoms with E-state index in [0.29, 0.717) is 6.61 Å². The number of aliphatic hydroxyl groups is 1. The highest BCUT2D eigenvalue weighted by Gasteiger charge is 2.05. The van der Waals surface area contributed by atoms with Gasteiger partial charge < -0.3 is 14.6 Å². The molecule has 0 saturated heterocycles. The largest absolute Gasteiger partial charge is 0.368 e. The van der Waals surface area contributed by atoms with E-state index in [4.69, 9.17) is 14.6 Å². The van der Waals surface area contributed by atoms with Crippen LogP contribution in [0.3, 0.4) is 0 Å². The Hall–Kier alpha value is -0.900. The van der Waals surface area contributed by atoms with E-state index >= 15 is 0 Å². The first-order valence-electron chi connectivity index (χ1n) is 4.67. The van der Waals surface area contributed by atoms with Crippen molar-refractivity contribution in [2.24, 2.45) is 0 Å². The van der Waals surface area contributed by atoms with Crippen LogP contribution in [-0.4, -0.2) is 17.7 Å². The number of hydrogen-bond acceptors (Lipinski definition) is 3. The van der Waals surface area contributed by atoms with Crippen molar-refractivity contribution in [3.05, 3.63) is 35.9 Å². The molecule has 2 unspecified atom stereocenters. The number of ether oxygens (including phenoxy) is 2. The lowest BCUT2D eigenvalue weighted by Crippen LogP contribution is -2.19. The van der Waals surface area contributed by atoms with Gasteiger partial charge in [-0.25, -0.2) is 0 Å². The first-order valence-corrected chi connectivity index (χ1v) is 4.67. The third-order valence-electron chi connectivity index (χ3n) is 1.72. The SMILES string of the molecule is CC(O)OC(C)OCc1ccccc1. The first kappa shape index (κ1) is 11.2. The molecular formula is C11H16O3. The Kier molecular flexibility index (Phi) is 4.59. The van der Waals surface area contributed by atoms with Crippen molar-refractivity contribution in [1.82, 2.24) is 0 Å². The van der Waals surface area contributed by atoms with Gasteiger partial charge in [0, 0.05) is 0 Å². The van der Waals surface area contributed by atoms with E-state index in [1.54, 1.807) is 13.8 Å². The van der Waals surface area contributed by atoms with Crippen LogP contribution in [0.25, 0.3) is 0 Å². The molecule has 0 amide bonds. The van der Waals surface area contributed by atoms with E-state index in [-0.39, 0.29) is 0 Å². The van der Waals surface area contributed by atoms with Gasteiger partial charge >= 0.3 is 0 Å². The predicted molar refractivity (Wildman–Crippen MR) is 53.5 cm³/mol. The van der Waals surface area contributed by atoms with Crippen LogP contribution in [-0.2, 0) is 16.1 Å². The Bertz CT molecular complexity index is 246. The molecule has 2 atom stereocenters. The van der Waals surface area contributed by atoms with E-state index in [0.717, 1.165) is 5.56 Å². The summed E-state index contributed by atoms with van der Waals surface area (Å²) in [6.07, 6.45) is -1.18. The van der Waals surface area contributed by atoms with Crippen LogP contribution >= 0.6 is 0 Å². The van der Waals surface area contributed by atoms with Crippen LogP contribution in [0.15, 0.2) is 30.3 Å². The molecule has 0 aliphatic heterocycles. The zero-order chi connectivity index (χ0) is 10.4. The molecule has 0 bridgehead atoms. The average molecular weight is 196 g/mol. The fraction of sp³-hybridized carbons (Fsp3) is 0.455. The molecule has 1 aromatic carbocycles. The van der Waals surface area contributed by atoms with Gasteiger partial charge in [0.2, 0.25) is 0 Å². The topological polar surface area (TPSA) is 38.7 Å². The highest BCUT2D eigenvalue weighted by molar-refractivity contribution is 5.13. The maximum Gasteiger partial charge on any atom is 0.158 e. The molecular weight excluding hydrogens is 180 g/mol. The van der Waals surface area contributed by atoms with Gasteiger partial charge in [0.15, 0.2) is 12.6 Å². The summed E-state index contributed by atoms with van der Waals surface area (Å²) in [6.45, 7) is 3.81. The lowest BCUT2D eigenvalue weighted by Gasteiger charge is -2.15. The van der Waals surface area contributed by atoms with E-state index in [2.05, 4.69) is 0 Å².